The van der Waals surface area contributed by atoms with Crippen molar-refractivity contribution in [2.45, 2.75) is 65.5 Å². The van der Waals surface area contributed by atoms with Gasteiger partial charge in [0, 0.05) is 51.9 Å². The van der Waals surface area contributed by atoms with E-state index in [1.54, 1.807) is 24.3 Å². The number of amides is 1. The van der Waals surface area contributed by atoms with Gasteiger partial charge in [0.25, 0.3) is 5.91 Å². The first-order chi connectivity index (χ1) is 35.8. The zero-order valence-corrected chi connectivity index (χ0v) is 44.8. The number of hydrogen-bond acceptors (Lipinski definition) is 18. The van der Waals surface area contributed by atoms with Gasteiger partial charge in [-0.2, -0.15) is 0 Å². The number of esters is 2. The number of aryl methyl sites for hydroxylation is 2. The summed E-state index contributed by atoms with van der Waals surface area (Å²) in [7, 11) is 2.67. The van der Waals surface area contributed by atoms with Crippen LogP contribution in [0.1, 0.15) is 114 Å². The van der Waals surface area contributed by atoms with Crippen LogP contribution in [0.3, 0.4) is 0 Å². The molecular formula is C51H55Cl2N9O10S2. The Kier molecular flexibility index (Phi) is 18.3. The SMILES string of the molecule is COC(=O)C[C@@H]1N=C(c2ccc(Cl)cc2)c2c(sc(C(=O)CCCOCCOCCOCCOCCNC(=O)c3sc4c(c3C)C(c3ccc(Cl)cc3)=N[C@@H](CC(=O)OC)c3nnc(C)n3-4)c2C)-n2c(C)nnc21. The van der Waals surface area contributed by atoms with Crippen LogP contribution in [-0.4, -0.2) is 138 Å². The second-order valence-corrected chi connectivity index (χ2v) is 20.0. The van der Waals surface area contributed by atoms with Crippen molar-refractivity contribution in [3.8, 4) is 10.0 Å². The highest BCUT2D eigenvalue weighted by Crippen LogP contribution is 2.42. The zero-order chi connectivity index (χ0) is 52.5. The van der Waals surface area contributed by atoms with E-state index in [0.29, 0.717) is 107 Å². The van der Waals surface area contributed by atoms with Crippen LogP contribution in [0.15, 0.2) is 58.5 Å². The number of nitrogens with zero attached hydrogens (tertiary/aromatic N) is 8. The summed E-state index contributed by atoms with van der Waals surface area (Å²) in [5, 5.41) is 23.0. The number of ketones is 1. The van der Waals surface area contributed by atoms with Gasteiger partial charge in [0.1, 0.15) is 33.7 Å². The van der Waals surface area contributed by atoms with Gasteiger partial charge in [0.15, 0.2) is 17.4 Å². The van der Waals surface area contributed by atoms with Crippen molar-refractivity contribution in [1.82, 2.24) is 34.8 Å². The maximum atomic E-state index is 13.7. The molecule has 74 heavy (non-hydrogen) atoms. The summed E-state index contributed by atoms with van der Waals surface area (Å²) >= 11 is 15.1. The van der Waals surface area contributed by atoms with Crippen LogP contribution in [0, 0.1) is 27.7 Å². The van der Waals surface area contributed by atoms with E-state index < -0.39 is 24.0 Å². The van der Waals surface area contributed by atoms with Crippen LogP contribution < -0.4 is 5.32 Å². The van der Waals surface area contributed by atoms with Crippen molar-refractivity contribution in [2.24, 2.45) is 9.98 Å². The molecule has 0 radical (unpaired) electrons. The number of thiophene rings is 2. The van der Waals surface area contributed by atoms with Gasteiger partial charge < -0.3 is 33.7 Å². The number of carbonyl (C=O) groups excluding carboxylic acids is 4. The summed E-state index contributed by atoms with van der Waals surface area (Å²) in [5.74, 6) is 1.03. The summed E-state index contributed by atoms with van der Waals surface area (Å²) in [6, 6.07) is 13.2. The van der Waals surface area contributed by atoms with E-state index in [0.717, 1.165) is 43.4 Å². The monoisotopic (exact) mass is 1090 g/mol. The molecule has 2 aliphatic heterocycles. The molecule has 390 valence electrons. The van der Waals surface area contributed by atoms with Crippen LogP contribution in [0.5, 0.6) is 0 Å². The van der Waals surface area contributed by atoms with Crippen molar-refractivity contribution in [1.29, 1.82) is 0 Å². The molecular weight excluding hydrogens is 1030 g/mol. The summed E-state index contributed by atoms with van der Waals surface area (Å²) in [5.41, 5.74) is 5.82. The second kappa shape index (κ2) is 25.0. The lowest BCUT2D eigenvalue weighted by Crippen LogP contribution is -2.27. The molecule has 1 N–H and O–H groups in total. The number of carbonyl (C=O) groups is 4. The number of nitrogens with one attached hydrogen (secondary N) is 1. The highest BCUT2D eigenvalue weighted by molar-refractivity contribution is 7.17. The molecule has 0 fully saturated rings. The number of methoxy groups -OCH3 is 2. The molecule has 2 atom stereocenters. The Morgan fingerprint density at radius 2 is 1.00 bits per heavy atom. The van der Waals surface area contributed by atoms with E-state index in [1.807, 2.05) is 61.1 Å². The molecule has 4 aromatic heterocycles. The molecule has 0 saturated heterocycles. The number of benzene rings is 2. The van der Waals surface area contributed by atoms with E-state index in [-0.39, 0.29) is 44.1 Å². The highest BCUT2D eigenvalue weighted by Gasteiger charge is 2.36. The zero-order valence-electron chi connectivity index (χ0n) is 41.7. The first kappa shape index (κ1) is 54.2. The van der Waals surface area contributed by atoms with Crippen LogP contribution in [0.2, 0.25) is 10.0 Å². The van der Waals surface area contributed by atoms with Gasteiger partial charge in [-0.3, -0.25) is 38.3 Å². The summed E-state index contributed by atoms with van der Waals surface area (Å²) in [4.78, 5) is 63.6. The van der Waals surface area contributed by atoms with Gasteiger partial charge in [-0.1, -0.05) is 47.5 Å². The molecule has 19 nitrogen and oxygen atoms in total. The van der Waals surface area contributed by atoms with Crippen LogP contribution in [-0.2, 0) is 38.0 Å². The number of aliphatic imine (C=N–C) groups is 2. The average Bonchev–Trinajstić information content (AvgIpc) is 4.13. The fraction of sp³-hybridized carbons (Fsp3) is 0.412. The van der Waals surface area contributed by atoms with Gasteiger partial charge in [-0.25, -0.2) is 0 Å². The van der Waals surface area contributed by atoms with E-state index >= 15 is 0 Å². The lowest BCUT2D eigenvalue weighted by atomic mass is 9.98. The smallest absolute Gasteiger partial charge is 0.308 e. The van der Waals surface area contributed by atoms with Crippen molar-refractivity contribution in [3.63, 3.8) is 0 Å². The summed E-state index contributed by atoms with van der Waals surface area (Å²) in [6.45, 7) is 10.5. The van der Waals surface area contributed by atoms with E-state index in [9.17, 15) is 19.2 Å². The number of hydrogen-bond donors (Lipinski definition) is 1. The Balaban J connectivity index is 0.740. The standard InChI is InChI=1S/C51H55Cl2N9O10S2/c1-28-41-43(32-9-13-34(52)14-10-32)55-36(26-39(64)67-5)47-59-57-30(3)61(47)50(41)73-45(28)38(63)8-7-18-69-20-22-71-24-25-72-23-21-70-19-17-54-49(66)46-29(2)42-44(33-11-15-35(53)16-12-33)56-37(27-40(65)68-6)48-60-58-31(4)62(48)51(42)74-46/h9-16,36-37H,7-8,17-27H2,1-6H3,(H,54,66)/t36-,37-/m0/s1. The lowest BCUT2D eigenvalue weighted by molar-refractivity contribution is -0.142. The Hall–Kier alpha value is -6.04. The molecule has 1 amide bonds. The highest BCUT2D eigenvalue weighted by atomic mass is 35.5. The van der Waals surface area contributed by atoms with E-state index in [1.165, 1.54) is 36.9 Å². The molecule has 0 unspecified atom stereocenters. The van der Waals surface area contributed by atoms with Crippen molar-refractivity contribution < 1.29 is 47.6 Å². The molecule has 2 aromatic carbocycles. The van der Waals surface area contributed by atoms with Gasteiger partial charge >= 0.3 is 11.9 Å². The maximum absolute atomic E-state index is 13.7. The number of rotatable bonds is 24. The summed E-state index contributed by atoms with van der Waals surface area (Å²) < 4.78 is 36.5. The molecule has 6 aromatic rings. The first-order valence-corrected chi connectivity index (χ1v) is 26.2. The fourth-order valence-corrected chi connectivity index (χ4v) is 11.4. The van der Waals surface area contributed by atoms with Gasteiger partial charge in [0.05, 0.1) is 94.5 Å². The van der Waals surface area contributed by atoms with Crippen molar-refractivity contribution in [3.05, 3.63) is 125 Å². The normalized spacial score (nSPS) is 14.7. The van der Waals surface area contributed by atoms with Crippen molar-refractivity contribution >= 4 is 80.9 Å². The maximum Gasteiger partial charge on any atom is 0.308 e. The Bertz CT molecular complexity index is 2870. The predicted octanol–water partition coefficient (Wildman–Crippen LogP) is 7.88. The quantitative estimate of drug-likeness (QED) is 0.0346. The first-order valence-electron chi connectivity index (χ1n) is 23.8. The van der Waals surface area contributed by atoms with Crippen LogP contribution >= 0.6 is 45.9 Å². The van der Waals surface area contributed by atoms with E-state index in [2.05, 4.69) is 25.7 Å². The third-order valence-electron chi connectivity index (χ3n) is 12.2. The largest absolute Gasteiger partial charge is 0.469 e. The lowest BCUT2D eigenvalue weighted by Gasteiger charge is -2.12. The number of ether oxygens (including phenoxy) is 6. The number of Topliss-reactive ketones (excluding diaryl/α,β-unsaturated/α-hetero) is 1. The van der Waals surface area contributed by atoms with Gasteiger partial charge in [-0.15, -0.1) is 43.1 Å². The molecule has 8 rings (SSSR count). The molecule has 0 spiro atoms. The Morgan fingerprint density at radius 1 is 0.581 bits per heavy atom. The topological polar surface area (TPSA) is 222 Å². The number of fused-ring (bicyclic) bond motifs is 6. The molecule has 0 saturated carbocycles. The Morgan fingerprint density at radius 3 is 1.46 bits per heavy atom. The van der Waals surface area contributed by atoms with Gasteiger partial charge in [0.2, 0.25) is 0 Å². The molecule has 6 heterocycles. The summed E-state index contributed by atoms with van der Waals surface area (Å²) in [6.07, 6.45) is 0.729. The molecule has 2 aliphatic rings. The van der Waals surface area contributed by atoms with Crippen LogP contribution in [0.25, 0.3) is 10.0 Å². The van der Waals surface area contributed by atoms with Crippen LogP contribution in [0.4, 0.5) is 0 Å². The van der Waals surface area contributed by atoms with Gasteiger partial charge in [-0.05, 0) is 69.5 Å². The molecule has 0 bridgehead atoms. The third-order valence-corrected chi connectivity index (χ3v) is 15.3. The number of halogens is 2. The number of aromatic nitrogens is 6. The molecule has 23 heteroatoms. The minimum absolute atomic E-state index is 0.0139. The minimum Gasteiger partial charge on any atom is -0.469 e. The minimum atomic E-state index is -0.675. The van der Waals surface area contributed by atoms with Crippen molar-refractivity contribution in [2.75, 3.05) is 73.6 Å². The Labute approximate surface area is 445 Å². The third kappa shape index (κ3) is 12.2. The fourth-order valence-electron chi connectivity index (χ4n) is 8.54. The predicted molar refractivity (Wildman–Crippen MR) is 280 cm³/mol. The second-order valence-electron chi connectivity index (χ2n) is 17.1. The van der Waals surface area contributed by atoms with E-state index in [4.69, 9.17) is 61.6 Å². The molecule has 0 aliphatic carbocycles. The average molecular weight is 1090 g/mol.